The first-order valence-electron chi connectivity index (χ1n) is 27.3. The van der Waals surface area contributed by atoms with Gasteiger partial charge in [-0.05, 0) is 47.0 Å². The van der Waals surface area contributed by atoms with E-state index in [1.54, 1.807) is 0 Å². The van der Waals surface area contributed by atoms with Crippen molar-refractivity contribution in [3.63, 3.8) is 0 Å². The number of carboxylic acids is 2. The highest BCUT2D eigenvalue weighted by atomic mass is 31.2. The lowest BCUT2D eigenvalue weighted by Crippen LogP contribution is -2.57. The SMILES string of the molecule is CCCCCCCCCCCCCCCC(=O)N[C@@H](C)C(=O)N[C@@H](C)C(=O)N[C@@H](C)C(=O)N[C@@H](C)C(=O)NCC(=O)NCC(=O)NCC(=O)N[C@@H](COP(=O)(O)O)C(=O)N[C@@H](CCCN=C(N)N)C(=O)NCC(=O)N[C@H](CC(=O)O)C(=O)O. The minimum absolute atomic E-state index is 0.0124. The zero-order valence-electron chi connectivity index (χ0n) is 47.8. The molecular weight excluding hydrogens is 1120 g/mol. The Bertz CT molecular complexity index is 2250. The van der Waals surface area contributed by atoms with E-state index in [2.05, 4.69) is 64.3 Å². The molecule has 0 saturated heterocycles. The van der Waals surface area contributed by atoms with Gasteiger partial charge in [0.1, 0.15) is 42.3 Å². The van der Waals surface area contributed by atoms with Crippen LogP contribution in [0.1, 0.15) is 144 Å². The molecule has 34 heteroatoms. The van der Waals surface area contributed by atoms with Crippen LogP contribution in [0, 0.1) is 0 Å². The van der Waals surface area contributed by atoms with Crippen molar-refractivity contribution in [3.05, 3.63) is 0 Å². The number of unbranched alkanes of at least 4 members (excludes halogenated alkanes) is 12. The van der Waals surface area contributed by atoms with E-state index in [-0.39, 0.29) is 37.7 Å². The van der Waals surface area contributed by atoms with Crippen molar-refractivity contribution in [1.29, 1.82) is 0 Å². The molecule has 0 rings (SSSR count). The number of nitrogens with zero attached hydrogens (tertiary/aromatic N) is 1. The number of amides is 11. The molecule has 0 aromatic rings. The van der Waals surface area contributed by atoms with Crippen LogP contribution in [0.15, 0.2) is 4.99 Å². The second-order valence-electron chi connectivity index (χ2n) is 19.4. The van der Waals surface area contributed by atoms with E-state index in [0.29, 0.717) is 6.42 Å². The predicted molar refractivity (Wildman–Crippen MR) is 296 cm³/mol. The fourth-order valence-corrected chi connectivity index (χ4v) is 7.60. The summed E-state index contributed by atoms with van der Waals surface area (Å²) in [6, 6.07) is -9.94. The molecule has 11 amide bonds. The van der Waals surface area contributed by atoms with Crippen LogP contribution in [-0.4, -0.2) is 185 Å². The van der Waals surface area contributed by atoms with E-state index >= 15 is 0 Å². The number of carboxylic acid groups (broad SMARTS) is 2. The number of rotatable bonds is 45. The number of phosphoric ester groups is 1. The largest absolute Gasteiger partial charge is 0.481 e. The minimum atomic E-state index is -5.30. The smallest absolute Gasteiger partial charge is 0.469 e. The highest BCUT2D eigenvalue weighted by Crippen LogP contribution is 2.35. The molecule has 0 fully saturated rings. The zero-order valence-corrected chi connectivity index (χ0v) is 48.7. The first kappa shape index (κ1) is 75.5. The van der Waals surface area contributed by atoms with Crippen LogP contribution in [0.3, 0.4) is 0 Å². The summed E-state index contributed by atoms with van der Waals surface area (Å²) < 4.78 is 15.9. The first-order valence-corrected chi connectivity index (χ1v) is 28.9. The third-order valence-electron chi connectivity index (χ3n) is 11.9. The Labute approximate surface area is 481 Å². The summed E-state index contributed by atoms with van der Waals surface area (Å²) >= 11 is 0. The highest BCUT2D eigenvalue weighted by Gasteiger charge is 2.31. The molecule has 33 nitrogen and oxygen atoms in total. The van der Waals surface area contributed by atoms with Crippen molar-refractivity contribution in [3.8, 4) is 0 Å². The number of hydrogen-bond donors (Lipinski definition) is 17. The Kier molecular flexibility index (Phi) is 38.5. The van der Waals surface area contributed by atoms with Gasteiger partial charge < -0.3 is 90.0 Å². The molecule has 0 bridgehead atoms. The Morgan fingerprint density at radius 3 is 1.33 bits per heavy atom. The molecule has 0 aliphatic heterocycles. The average Bonchev–Trinajstić information content (AvgIpc) is 3.51. The van der Waals surface area contributed by atoms with Crippen LogP contribution in [-0.2, 0) is 71.4 Å². The molecule has 7 atom stereocenters. The topological polar surface area (TPSA) is 526 Å². The van der Waals surface area contributed by atoms with Gasteiger partial charge in [-0.1, -0.05) is 84.0 Å². The molecule has 0 heterocycles. The fourth-order valence-electron chi connectivity index (χ4n) is 7.25. The van der Waals surface area contributed by atoms with Gasteiger partial charge in [0.2, 0.25) is 65.0 Å². The second kappa shape index (κ2) is 42.3. The van der Waals surface area contributed by atoms with Crippen LogP contribution in [0.25, 0.3) is 0 Å². The molecule has 0 aliphatic rings. The van der Waals surface area contributed by atoms with Crippen molar-refractivity contribution in [2.24, 2.45) is 16.5 Å². The number of hydrogen-bond acceptors (Lipinski definition) is 16. The maximum atomic E-state index is 13.3. The fraction of sp³-hybridized carbons (Fsp3) is 0.714. The van der Waals surface area contributed by atoms with Crippen LogP contribution >= 0.6 is 7.82 Å². The quantitative estimate of drug-likeness (QED) is 0.0120. The summed E-state index contributed by atoms with van der Waals surface area (Å²) in [5.74, 6) is -13.5. The molecule has 0 aromatic heterocycles. The molecule has 472 valence electrons. The Morgan fingerprint density at radius 2 is 0.867 bits per heavy atom. The van der Waals surface area contributed by atoms with E-state index in [4.69, 9.17) is 21.7 Å². The van der Waals surface area contributed by atoms with Crippen LogP contribution in [0.5, 0.6) is 0 Å². The van der Waals surface area contributed by atoms with Gasteiger partial charge in [0.15, 0.2) is 5.96 Å². The molecule has 0 aromatic carbocycles. The van der Waals surface area contributed by atoms with Gasteiger partial charge in [-0.3, -0.25) is 67.1 Å². The average molecular weight is 1210 g/mol. The monoisotopic (exact) mass is 1210 g/mol. The number of guanidine groups is 1. The minimum Gasteiger partial charge on any atom is -0.481 e. The molecule has 0 aliphatic carbocycles. The summed E-state index contributed by atoms with van der Waals surface area (Å²) in [5.41, 5.74) is 10.6. The van der Waals surface area contributed by atoms with Crippen molar-refractivity contribution in [2.45, 2.75) is 186 Å². The van der Waals surface area contributed by atoms with Gasteiger partial charge in [-0.15, -0.1) is 0 Å². The third-order valence-corrected chi connectivity index (χ3v) is 12.4. The molecule has 83 heavy (non-hydrogen) atoms. The number of aliphatic imine (C=N–C) groups is 1. The Hall–Kier alpha value is -7.51. The van der Waals surface area contributed by atoms with Crippen molar-refractivity contribution >= 4 is 90.7 Å². The Balaban J connectivity index is 5.02. The zero-order chi connectivity index (χ0) is 63.1. The van der Waals surface area contributed by atoms with Crippen molar-refractivity contribution in [1.82, 2.24) is 58.5 Å². The number of carbonyl (C=O) groups excluding carboxylic acids is 11. The molecule has 19 N–H and O–H groups in total. The van der Waals surface area contributed by atoms with Gasteiger partial charge in [0.05, 0.1) is 39.2 Å². The van der Waals surface area contributed by atoms with E-state index in [1.807, 2.05) is 10.6 Å². The van der Waals surface area contributed by atoms with Gasteiger partial charge in [0.25, 0.3) is 0 Å². The molecule has 0 radical (unpaired) electrons. The van der Waals surface area contributed by atoms with Gasteiger partial charge in [-0.2, -0.15) is 0 Å². The number of phosphoric acid groups is 1. The maximum Gasteiger partial charge on any atom is 0.469 e. The van der Waals surface area contributed by atoms with E-state index in [1.165, 1.54) is 85.5 Å². The lowest BCUT2D eigenvalue weighted by atomic mass is 10.0. The normalized spacial score (nSPS) is 13.5. The maximum absolute atomic E-state index is 13.3. The van der Waals surface area contributed by atoms with Crippen LogP contribution in [0.2, 0.25) is 0 Å². The number of aliphatic carboxylic acids is 2. The van der Waals surface area contributed by atoms with E-state index < -0.39 is 160 Å². The summed E-state index contributed by atoms with van der Waals surface area (Å²) in [7, 11) is -5.30. The molecule has 0 spiro atoms. The highest BCUT2D eigenvalue weighted by molar-refractivity contribution is 7.46. The summed E-state index contributed by atoms with van der Waals surface area (Å²) in [6.45, 7) is 3.04. The van der Waals surface area contributed by atoms with Crippen LogP contribution in [0.4, 0.5) is 0 Å². The molecule has 0 saturated carbocycles. The van der Waals surface area contributed by atoms with Gasteiger partial charge >= 0.3 is 19.8 Å². The van der Waals surface area contributed by atoms with E-state index in [9.17, 15) is 76.7 Å². The Morgan fingerprint density at radius 1 is 0.458 bits per heavy atom. The van der Waals surface area contributed by atoms with Crippen molar-refractivity contribution < 1.29 is 91.4 Å². The lowest BCUT2D eigenvalue weighted by molar-refractivity contribution is -0.147. The van der Waals surface area contributed by atoms with Crippen molar-refractivity contribution in [2.75, 3.05) is 39.3 Å². The predicted octanol–water partition coefficient (Wildman–Crippen LogP) is -3.87. The lowest BCUT2D eigenvalue weighted by Gasteiger charge is -2.23. The van der Waals surface area contributed by atoms with Gasteiger partial charge in [-0.25, -0.2) is 9.36 Å². The summed E-state index contributed by atoms with van der Waals surface area (Å²) in [6.07, 6.45) is 14.1. The summed E-state index contributed by atoms with van der Waals surface area (Å²) in [4.78, 5) is 184. The van der Waals surface area contributed by atoms with Crippen LogP contribution < -0.4 is 70.0 Å². The number of carbonyl (C=O) groups is 13. The first-order chi connectivity index (χ1) is 38.9. The summed E-state index contributed by atoms with van der Waals surface area (Å²) in [5, 5.41) is 42.7. The molecular formula is C49H87N14O19P. The number of nitrogens with two attached hydrogens (primary N) is 2. The third kappa shape index (κ3) is 38.8. The second-order valence-corrected chi connectivity index (χ2v) is 20.7. The standard InChI is InChI=1S/C49H87N14O19P/c1-6-7-8-9-10-11-12-13-14-15-16-17-18-21-36(64)57-30(3)43(72)59-32(5)45(74)60-31(4)44(73)58-29(2)42(71)55-25-38(66)53-24-37(65)54-26-39(67)62-35(28-82-83(79,80)81)47(76)63-33(20-19-22-52-49(50)51)46(75)56-27-40(68)61-34(48(77)78)23-41(69)70/h29-35H,6-28H2,1-5H3,(H,53,66)(H,54,65)(H,55,71)(H,56,75)(H,57,64)(H,58,73)(H,59,72)(H,60,74)(H,61,68)(H,62,67)(H,63,76)(H,69,70)(H,77,78)(H4,50,51,52)(H2,79,80,81)/t29-,30-,31-,32-,33-,34+,35-/m0/s1. The molecule has 0 unspecified atom stereocenters. The number of nitrogens with one attached hydrogen (secondary N) is 11. The van der Waals surface area contributed by atoms with Gasteiger partial charge in [0, 0.05) is 13.0 Å². The van der Waals surface area contributed by atoms with E-state index in [0.717, 1.165) is 19.3 Å².